The van der Waals surface area contributed by atoms with Crippen LogP contribution in [0.2, 0.25) is 0 Å². The predicted octanol–water partition coefficient (Wildman–Crippen LogP) is 0.937. The van der Waals surface area contributed by atoms with Gasteiger partial charge in [0.1, 0.15) is 0 Å². The van der Waals surface area contributed by atoms with E-state index in [9.17, 15) is 5.11 Å². The van der Waals surface area contributed by atoms with E-state index in [-0.39, 0.29) is 12.7 Å². The third-order valence-corrected chi connectivity index (χ3v) is 3.08. The van der Waals surface area contributed by atoms with Gasteiger partial charge in [0.2, 0.25) is 0 Å². The van der Waals surface area contributed by atoms with E-state index in [0.717, 1.165) is 17.8 Å². The van der Waals surface area contributed by atoms with Gasteiger partial charge in [-0.15, -0.1) is 0 Å². The molecule has 1 aliphatic heterocycles. The molecule has 0 aliphatic carbocycles. The summed E-state index contributed by atoms with van der Waals surface area (Å²) in [5.74, 6) is 0. The van der Waals surface area contributed by atoms with Crippen molar-refractivity contribution in [3.05, 3.63) is 29.8 Å². The summed E-state index contributed by atoms with van der Waals surface area (Å²) in [5, 5.41) is 18.5. The lowest BCUT2D eigenvalue weighted by atomic mass is 10.1. The van der Waals surface area contributed by atoms with E-state index >= 15 is 0 Å². The monoisotopic (exact) mass is 237 g/mol. The van der Waals surface area contributed by atoms with Crippen LogP contribution in [0.1, 0.15) is 18.6 Å². The molecule has 1 aromatic carbocycles. The number of anilines is 1. The van der Waals surface area contributed by atoms with Crippen molar-refractivity contribution in [1.29, 1.82) is 0 Å². The molecule has 1 heterocycles. The minimum Gasteiger partial charge on any atom is -0.394 e. The molecule has 1 fully saturated rings. The van der Waals surface area contributed by atoms with Gasteiger partial charge in [-0.1, -0.05) is 12.1 Å². The van der Waals surface area contributed by atoms with Crippen LogP contribution in [0.15, 0.2) is 24.3 Å². The second kappa shape index (κ2) is 5.49. The number of ether oxygens (including phenoxy) is 1. The molecule has 0 spiro atoms. The average molecular weight is 237 g/mol. The smallest absolute Gasteiger partial charge is 0.0980 e. The lowest BCUT2D eigenvalue weighted by Crippen LogP contribution is -2.44. The number of benzene rings is 1. The summed E-state index contributed by atoms with van der Waals surface area (Å²) in [4.78, 5) is 2.19. The van der Waals surface area contributed by atoms with Gasteiger partial charge in [0.15, 0.2) is 0 Å². The number of hydrogen-bond donors (Lipinski definition) is 2. The minimum absolute atomic E-state index is 0.0578. The molecule has 0 aromatic heterocycles. The lowest BCUT2D eigenvalue weighted by Gasteiger charge is -2.33. The van der Waals surface area contributed by atoms with E-state index in [0.29, 0.717) is 13.2 Å². The van der Waals surface area contributed by atoms with E-state index in [1.165, 1.54) is 0 Å². The topological polar surface area (TPSA) is 52.9 Å². The maximum atomic E-state index is 9.44. The fourth-order valence-corrected chi connectivity index (χ4v) is 2.03. The third-order valence-electron chi connectivity index (χ3n) is 3.08. The number of aliphatic hydroxyl groups is 2. The van der Waals surface area contributed by atoms with Crippen LogP contribution in [0.5, 0.6) is 0 Å². The molecule has 2 atom stereocenters. The Kier molecular flexibility index (Phi) is 3.99. The van der Waals surface area contributed by atoms with Crippen LogP contribution in [-0.2, 0) is 4.74 Å². The number of morpholine rings is 1. The molecular formula is C13H19NO3. The van der Waals surface area contributed by atoms with Crippen molar-refractivity contribution >= 4 is 5.69 Å². The highest BCUT2D eigenvalue weighted by atomic mass is 16.5. The second-order valence-corrected chi connectivity index (χ2v) is 4.39. The fraction of sp³-hybridized carbons (Fsp3) is 0.538. The van der Waals surface area contributed by atoms with Gasteiger partial charge in [-0.05, 0) is 24.6 Å². The molecule has 2 N–H and O–H groups in total. The molecular weight excluding hydrogens is 218 g/mol. The van der Waals surface area contributed by atoms with Crippen molar-refractivity contribution < 1.29 is 14.9 Å². The Bertz CT molecular complexity index is 350. The maximum Gasteiger partial charge on any atom is 0.0980 e. The van der Waals surface area contributed by atoms with Crippen LogP contribution in [0.4, 0.5) is 5.69 Å². The standard InChI is InChI=1S/C13H19NO3/c1-10(16)11-2-4-12(5-3-11)14-6-7-17-13(8-14)9-15/h2-5,10,13,15-16H,6-9H2,1H3/t10-,13?/m1/s1. The molecule has 1 aliphatic rings. The quantitative estimate of drug-likeness (QED) is 0.821. The van der Waals surface area contributed by atoms with E-state index < -0.39 is 6.10 Å². The first-order valence-corrected chi connectivity index (χ1v) is 5.96. The highest BCUT2D eigenvalue weighted by Gasteiger charge is 2.19. The Balaban J connectivity index is 2.06. The van der Waals surface area contributed by atoms with Gasteiger partial charge in [0, 0.05) is 18.8 Å². The molecule has 0 amide bonds. The van der Waals surface area contributed by atoms with Gasteiger partial charge in [-0.25, -0.2) is 0 Å². The minimum atomic E-state index is -0.432. The number of hydrogen-bond acceptors (Lipinski definition) is 4. The first kappa shape index (κ1) is 12.4. The van der Waals surface area contributed by atoms with Gasteiger partial charge >= 0.3 is 0 Å². The number of nitrogens with zero attached hydrogens (tertiary/aromatic N) is 1. The van der Waals surface area contributed by atoms with Gasteiger partial charge in [-0.2, -0.15) is 0 Å². The summed E-state index contributed by atoms with van der Waals surface area (Å²) in [6.07, 6.45) is -0.529. The van der Waals surface area contributed by atoms with Crippen LogP contribution in [0.3, 0.4) is 0 Å². The average Bonchev–Trinajstić information content (AvgIpc) is 2.39. The molecule has 1 saturated heterocycles. The molecule has 2 rings (SSSR count). The molecule has 4 heteroatoms. The van der Waals surface area contributed by atoms with Crippen LogP contribution < -0.4 is 4.90 Å². The molecule has 17 heavy (non-hydrogen) atoms. The summed E-state index contributed by atoms with van der Waals surface area (Å²) in [5.41, 5.74) is 2.02. The largest absolute Gasteiger partial charge is 0.394 e. The lowest BCUT2D eigenvalue weighted by molar-refractivity contribution is 0.00356. The Hall–Kier alpha value is -1.10. The molecule has 0 radical (unpaired) electrons. The normalized spacial score (nSPS) is 22.5. The fourth-order valence-electron chi connectivity index (χ4n) is 2.03. The van der Waals surface area contributed by atoms with E-state index in [4.69, 9.17) is 9.84 Å². The third kappa shape index (κ3) is 2.97. The Morgan fingerprint density at radius 3 is 2.71 bits per heavy atom. The summed E-state index contributed by atoms with van der Waals surface area (Å²) >= 11 is 0. The molecule has 1 unspecified atom stereocenters. The van der Waals surface area contributed by atoms with E-state index in [1.807, 2.05) is 24.3 Å². The molecule has 4 nitrogen and oxygen atoms in total. The zero-order valence-electron chi connectivity index (χ0n) is 10.0. The van der Waals surface area contributed by atoms with Gasteiger partial charge in [-0.3, -0.25) is 0 Å². The summed E-state index contributed by atoms with van der Waals surface area (Å²) < 4.78 is 5.41. The van der Waals surface area contributed by atoms with E-state index in [2.05, 4.69) is 4.90 Å². The zero-order valence-corrected chi connectivity index (χ0v) is 10.0. The molecule has 94 valence electrons. The second-order valence-electron chi connectivity index (χ2n) is 4.39. The molecule has 0 saturated carbocycles. The number of rotatable bonds is 3. The van der Waals surface area contributed by atoms with Crippen molar-refractivity contribution in [3.63, 3.8) is 0 Å². The van der Waals surface area contributed by atoms with Crippen molar-refractivity contribution in [2.75, 3.05) is 31.2 Å². The van der Waals surface area contributed by atoms with Gasteiger partial charge in [0.25, 0.3) is 0 Å². The molecule has 1 aromatic rings. The van der Waals surface area contributed by atoms with Crippen LogP contribution in [0, 0.1) is 0 Å². The van der Waals surface area contributed by atoms with E-state index in [1.54, 1.807) is 6.92 Å². The highest BCUT2D eigenvalue weighted by Crippen LogP contribution is 2.21. The van der Waals surface area contributed by atoms with Gasteiger partial charge in [0.05, 0.1) is 25.4 Å². The predicted molar refractivity (Wildman–Crippen MR) is 66.1 cm³/mol. The number of aliphatic hydroxyl groups excluding tert-OH is 2. The summed E-state index contributed by atoms with van der Waals surface area (Å²) in [6.45, 7) is 4.01. The van der Waals surface area contributed by atoms with Gasteiger partial charge < -0.3 is 19.8 Å². The van der Waals surface area contributed by atoms with Crippen LogP contribution in [-0.4, -0.2) is 42.6 Å². The summed E-state index contributed by atoms with van der Waals surface area (Å²) in [6, 6.07) is 7.87. The summed E-state index contributed by atoms with van der Waals surface area (Å²) in [7, 11) is 0. The van der Waals surface area contributed by atoms with Crippen molar-refractivity contribution in [1.82, 2.24) is 0 Å². The Labute approximate surface area is 101 Å². The van der Waals surface area contributed by atoms with Crippen LogP contribution in [0.25, 0.3) is 0 Å². The molecule has 0 bridgehead atoms. The first-order chi connectivity index (χ1) is 8.20. The van der Waals surface area contributed by atoms with Crippen molar-refractivity contribution in [2.24, 2.45) is 0 Å². The maximum absolute atomic E-state index is 9.44. The SMILES string of the molecule is C[C@@H](O)c1ccc(N2CCOC(CO)C2)cc1. The van der Waals surface area contributed by atoms with Crippen LogP contribution >= 0.6 is 0 Å². The van der Waals surface area contributed by atoms with Crippen molar-refractivity contribution in [3.8, 4) is 0 Å². The Morgan fingerprint density at radius 1 is 1.41 bits per heavy atom. The first-order valence-electron chi connectivity index (χ1n) is 5.96. The van der Waals surface area contributed by atoms with Crippen molar-refractivity contribution in [2.45, 2.75) is 19.1 Å². The zero-order chi connectivity index (χ0) is 12.3. The highest BCUT2D eigenvalue weighted by molar-refractivity contribution is 5.48. The Morgan fingerprint density at radius 2 is 2.12 bits per heavy atom.